The zero-order chi connectivity index (χ0) is 8.93. The summed E-state index contributed by atoms with van der Waals surface area (Å²) in [5.41, 5.74) is 5.23. The highest BCUT2D eigenvalue weighted by atomic mass is 16.6. The molecule has 0 aromatic heterocycles. The van der Waals surface area contributed by atoms with Gasteiger partial charge in [0.05, 0.1) is 0 Å². The lowest BCUT2D eigenvalue weighted by molar-refractivity contribution is 0.170. The highest BCUT2D eigenvalue weighted by molar-refractivity contribution is 5.27. The van der Waals surface area contributed by atoms with Crippen LogP contribution in [0.15, 0.2) is 54.4 Å². The minimum atomic E-state index is 0.938. The molecule has 0 aliphatic carbocycles. The van der Waals surface area contributed by atoms with Crippen molar-refractivity contribution in [1.82, 2.24) is 5.48 Å². The van der Waals surface area contributed by atoms with E-state index in [1.807, 2.05) is 30.5 Å². The first-order chi connectivity index (χ1) is 6.45. The van der Waals surface area contributed by atoms with Crippen LogP contribution in [0.3, 0.4) is 0 Å². The minimum Gasteiger partial charge on any atom is -0.391 e. The third-order valence-corrected chi connectivity index (χ3v) is 1.91. The fraction of sp³-hybridized carbons (Fsp3) is 0.0909. The van der Waals surface area contributed by atoms with Gasteiger partial charge in [-0.3, -0.25) is 0 Å². The van der Waals surface area contributed by atoms with E-state index in [-0.39, 0.29) is 0 Å². The first-order valence-corrected chi connectivity index (χ1v) is 4.26. The molecule has 13 heavy (non-hydrogen) atoms. The van der Waals surface area contributed by atoms with Crippen LogP contribution in [0.25, 0.3) is 0 Å². The molecule has 1 aromatic rings. The molecule has 0 bridgehead atoms. The van der Waals surface area contributed by atoms with Crippen LogP contribution < -0.4 is 5.48 Å². The van der Waals surface area contributed by atoms with E-state index in [0.29, 0.717) is 0 Å². The van der Waals surface area contributed by atoms with Crippen molar-refractivity contribution in [3.63, 3.8) is 0 Å². The highest BCUT2D eigenvalue weighted by Gasteiger charge is 1.98. The summed E-state index contributed by atoms with van der Waals surface area (Å²) in [6.07, 6.45) is 6.42. The maximum absolute atomic E-state index is 4.83. The van der Waals surface area contributed by atoms with Crippen molar-refractivity contribution in [3.05, 3.63) is 60.0 Å². The predicted molar refractivity (Wildman–Crippen MR) is 51.6 cm³/mol. The average molecular weight is 173 g/mol. The minimum absolute atomic E-state index is 0.938. The van der Waals surface area contributed by atoms with Crippen LogP contribution in [0.2, 0.25) is 0 Å². The molecule has 2 nitrogen and oxygen atoms in total. The molecule has 0 radical (unpaired) electrons. The zero-order valence-electron chi connectivity index (χ0n) is 7.23. The average Bonchev–Trinajstić information content (AvgIpc) is 2.21. The molecular weight excluding hydrogens is 162 g/mol. The highest BCUT2D eigenvalue weighted by Crippen LogP contribution is 2.09. The molecule has 0 fully saturated rings. The van der Waals surface area contributed by atoms with Crippen molar-refractivity contribution in [3.8, 4) is 0 Å². The lowest BCUT2D eigenvalue weighted by Crippen LogP contribution is -2.07. The molecule has 1 aromatic carbocycles. The molecule has 2 rings (SSSR count). The lowest BCUT2D eigenvalue weighted by Gasteiger charge is -2.08. The van der Waals surface area contributed by atoms with Gasteiger partial charge >= 0.3 is 0 Å². The van der Waals surface area contributed by atoms with Gasteiger partial charge < -0.3 is 4.84 Å². The van der Waals surface area contributed by atoms with Crippen molar-refractivity contribution in [2.75, 3.05) is 0 Å². The first kappa shape index (κ1) is 7.92. The predicted octanol–water partition coefficient (Wildman–Crippen LogP) is 2.16. The van der Waals surface area contributed by atoms with Gasteiger partial charge in [-0.05, 0) is 23.6 Å². The summed E-state index contributed by atoms with van der Waals surface area (Å²) in [6, 6.07) is 10.4. The van der Waals surface area contributed by atoms with E-state index in [9.17, 15) is 0 Å². The van der Waals surface area contributed by atoms with Gasteiger partial charge in [-0.2, -0.15) is 0 Å². The van der Waals surface area contributed by atoms with Crippen LogP contribution in [0, 0.1) is 0 Å². The summed E-state index contributed by atoms with van der Waals surface area (Å²) in [6.45, 7) is 0. The Morgan fingerprint density at radius 3 is 2.69 bits per heavy atom. The van der Waals surface area contributed by atoms with Crippen LogP contribution in [0.5, 0.6) is 0 Å². The van der Waals surface area contributed by atoms with E-state index in [0.717, 1.165) is 6.42 Å². The normalized spacial score (nSPS) is 14.3. The van der Waals surface area contributed by atoms with Gasteiger partial charge in [-0.1, -0.05) is 30.3 Å². The Morgan fingerprint density at radius 2 is 2.00 bits per heavy atom. The summed E-state index contributed by atoms with van der Waals surface area (Å²) >= 11 is 0. The molecule has 0 atom stereocenters. The number of nitrogens with one attached hydrogen (secondary N) is 1. The van der Waals surface area contributed by atoms with E-state index in [1.54, 1.807) is 6.26 Å². The number of allylic oxidation sites excluding steroid dienone is 2. The second kappa shape index (κ2) is 3.81. The Bertz CT molecular complexity index is 327. The van der Waals surface area contributed by atoms with Crippen LogP contribution in [-0.4, -0.2) is 0 Å². The van der Waals surface area contributed by atoms with Crippen molar-refractivity contribution in [2.45, 2.75) is 6.42 Å². The molecule has 1 aliphatic heterocycles. The molecule has 0 unspecified atom stereocenters. The molecule has 2 heteroatoms. The topological polar surface area (TPSA) is 21.3 Å². The number of hydrogen-bond donors (Lipinski definition) is 1. The Kier molecular flexibility index (Phi) is 2.32. The third kappa shape index (κ3) is 2.12. The van der Waals surface area contributed by atoms with E-state index >= 15 is 0 Å². The van der Waals surface area contributed by atoms with Crippen molar-refractivity contribution in [1.29, 1.82) is 0 Å². The monoisotopic (exact) mass is 173 g/mol. The Balaban J connectivity index is 2.06. The van der Waals surface area contributed by atoms with E-state index in [1.165, 1.54) is 11.1 Å². The van der Waals surface area contributed by atoms with Gasteiger partial charge in [-0.15, -0.1) is 0 Å². The van der Waals surface area contributed by atoms with Gasteiger partial charge in [0.15, 0.2) is 0 Å². The van der Waals surface area contributed by atoms with Gasteiger partial charge in [0.1, 0.15) is 6.26 Å². The summed E-state index contributed by atoms with van der Waals surface area (Å²) in [4.78, 5) is 4.83. The summed E-state index contributed by atoms with van der Waals surface area (Å²) < 4.78 is 0. The van der Waals surface area contributed by atoms with Crippen molar-refractivity contribution >= 4 is 0 Å². The molecule has 66 valence electrons. The Hall–Kier alpha value is -1.70. The fourth-order valence-electron chi connectivity index (χ4n) is 1.26. The third-order valence-electron chi connectivity index (χ3n) is 1.91. The van der Waals surface area contributed by atoms with Gasteiger partial charge in [0.25, 0.3) is 0 Å². The van der Waals surface area contributed by atoms with E-state index < -0.39 is 0 Å². The fourth-order valence-corrected chi connectivity index (χ4v) is 1.26. The Labute approximate surface area is 77.5 Å². The molecular formula is C11H11NO. The summed E-state index contributed by atoms with van der Waals surface area (Å²) in [5, 5.41) is 0. The second-order valence-electron chi connectivity index (χ2n) is 2.92. The lowest BCUT2D eigenvalue weighted by atomic mass is 10.1. The SMILES string of the molecule is C1=CC(Cc2ccccc2)=CNO1. The molecule has 1 N–H and O–H groups in total. The Morgan fingerprint density at radius 1 is 1.15 bits per heavy atom. The first-order valence-electron chi connectivity index (χ1n) is 4.26. The molecule has 0 saturated carbocycles. The maximum atomic E-state index is 4.83. The van der Waals surface area contributed by atoms with Gasteiger partial charge in [0, 0.05) is 6.20 Å². The summed E-state index contributed by atoms with van der Waals surface area (Å²) in [5.74, 6) is 0. The zero-order valence-corrected chi connectivity index (χ0v) is 7.23. The van der Waals surface area contributed by atoms with Crippen LogP contribution in [0.4, 0.5) is 0 Å². The van der Waals surface area contributed by atoms with Crippen molar-refractivity contribution in [2.24, 2.45) is 0 Å². The largest absolute Gasteiger partial charge is 0.391 e. The number of rotatable bonds is 2. The summed E-state index contributed by atoms with van der Waals surface area (Å²) in [7, 11) is 0. The van der Waals surface area contributed by atoms with E-state index in [2.05, 4.69) is 17.6 Å². The van der Waals surface area contributed by atoms with Crippen LogP contribution >= 0.6 is 0 Å². The van der Waals surface area contributed by atoms with Gasteiger partial charge in [-0.25, -0.2) is 5.48 Å². The molecule has 0 spiro atoms. The number of benzene rings is 1. The van der Waals surface area contributed by atoms with Crippen LogP contribution in [-0.2, 0) is 11.3 Å². The smallest absolute Gasteiger partial charge is 0.119 e. The number of hydroxylamine groups is 1. The molecule has 0 saturated heterocycles. The molecule has 0 amide bonds. The van der Waals surface area contributed by atoms with Crippen LogP contribution in [0.1, 0.15) is 5.56 Å². The quantitative estimate of drug-likeness (QED) is 0.740. The molecule has 1 heterocycles. The number of hydrogen-bond acceptors (Lipinski definition) is 2. The second-order valence-corrected chi connectivity index (χ2v) is 2.92. The standard InChI is InChI=1S/C11H11NO/c1-2-4-10(5-3-1)8-11-6-7-13-12-9-11/h1-7,9,12H,8H2. The van der Waals surface area contributed by atoms with Gasteiger partial charge in [0.2, 0.25) is 0 Å². The van der Waals surface area contributed by atoms with E-state index in [4.69, 9.17) is 4.84 Å². The maximum Gasteiger partial charge on any atom is 0.119 e. The molecule has 1 aliphatic rings. The van der Waals surface area contributed by atoms with Crippen molar-refractivity contribution < 1.29 is 4.84 Å².